The second kappa shape index (κ2) is 7.75. The van der Waals surface area contributed by atoms with Gasteiger partial charge in [-0.25, -0.2) is 0 Å². The minimum absolute atomic E-state index is 0.0787. The van der Waals surface area contributed by atoms with Crippen LogP contribution in [0.5, 0.6) is 0 Å². The minimum Gasteiger partial charge on any atom is -0.369 e. The van der Waals surface area contributed by atoms with Crippen molar-refractivity contribution in [3.05, 3.63) is 48.0 Å². The Hall–Kier alpha value is -2.14. The fraction of sp³-hybridized carbons (Fsp3) is 0.412. The first-order valence-corrected chi connectivity index (χ1v) is 7.52. The van der Waals surface area contributed by atoms with Crippen molar-refractivity contribution < 1.29 is 9.59 Å². The Morgan fingerprint density at radius 3 is 2.59 bits per heavy atom. The number of allylic oxidation sites excluding steroid dienone is 1. The average Bonchev–Trinajstić information content (AvgIpc) is 2.48. The lowest BCUT2D eigenvalue weighted by Gasteiger charge is -2.27. The van der Waals surface area contributed by atoms with Crippen LogP contribution in [0.1, 0.15) is 18.4 Å². The number of hydrogen-bond acceptors (Lipinski definition) is 3. The second-order valence-corrected chi connectivity index (χ2v) is 5.78. The lowest BCUT2D eigenvalue weighted by atomic mass is 9.88. The summed E-state index contributed by atoms with van der Waals surface area (Å²) in [5.41, 5.74) is 6.56. The van der Waals surface area contributed by atoms with Gasteiger partial charge in [0.1, 0.15) is 0 Å². The molecule has 1 aromatic rings. The quantitative estimate of drug-likeness (QED) is 0.771. The van der Waals surface area contributed by atoms with Gasteiger partial charge in [0.2, 0.25) is 11.8 Å². The van der Waals surface area contributed by atoms with Gasteiger partial charge in [0, 0.05) is 12.6 Å². The van der Waals surface area contributed by atoms with Gasteiger partial charge in [-0.2, -0.15) is 0 Å². The van der Waals surface area contributed by atoms with E-state index in [0.717, 1.165) is 5.56 Å². The van der Waals surface area contributed by atoms with Gasteiger partial charge in [-0.1, -0.05) is 42.5 Å². The molecule has 0 aliphatic heterocycles. The number of primary amides is 1. The number of likely N-dealkylation sites (N-methyl/N-ethyl adjacent to an activating group) is 1. The number of nitrogens with two attached hydrogens (primary N) is 1. The Balaban J connectivity index is 1.84. The fourth-order valence-corrected chi connectivity index (χ4v) is 2.74. The van der Waals surface area contributed by atoms with Crippen LogP contribution in [0.4, 0.5) is 0 Å². The Labute approximate surface area is 131 Å². The molecule has 0 unspecified atom stereocenters. The zero-order valence-electron chi connectivity index (χ0n) is 12.9. The molecule has 1 aliphatic rings. The van der Waals surface area contributed by atoms with Crippen LogP contribution in [0.2, 0.25) is 0 Å². The highest BCUT2D eigenvalue weighted by Gasteiger charge is 2.28. The van der Waals surface area contributed by atoms with E-state index in [1.54, 1.807) is 0 Å². The van der Waals surface area contributed by atoms with Gasteiger partial charge in [-0.05, 0) is 25.5 Å². The molecule has 0 radical (unpaired) electrons. The van der Waals surface area contributed by atoms with Crippen molar-refractivity contribution in [1.29, 1.82) is 0 Å². The van der Waals surface area contributed by atoms with Crippen molar-refractivity contribution in [2.75, 3.05) is 13.6 Å². The summed E-state index contributed by atoms with van der Waals surface area (Å²) in [6.45, 7) is 0.999. The van der Waals surface area contributed by atoms with Crippen LogP contribution in [0, 0.1) is 5.92 Å². The number of rotatable bonds is 6. The maximum atomic E-state index is 12.2. The molecule has 0 heterocycles. The molecule has 2 atom stereocenters. The molecule has 0 saturated carbocycles. The molecule has 1 aromatic carbocycles. The highest BCUT2D eigenvalue weighted by atomic mass is 16.2. The Kier molecular flexibility index (Phi) is 5.72. The highest BCUT2D eigenvalue weighted by Crippen LogP contribution is 2.18. The van der Waals surface area contributed by atoms with Crippen LogP contribution in [-0.2, 0) is 16.1 Å². The van der Waals surface area contributed by atoms with Crippen molar-refractivity contribution in [3.63, 3.8) is 0 Å². The molecular weight excluding hydrogens is 278 g/mol. The zero-order valence-corrected chi connectivity index (χ0v) is 12.9. The smallest absolute Gasteiger partial charge is 0.234 e. The number of hydrogen-bond donors (Lipinski definition) is 2. The average molecular weight is 301 g/mol. The van der Waals surface area contributed by atoms with E-state index in [0.29, 0.717) is 25.9 Å². The first kappa shape index (κ1) is 16.2. The van der Waals surface area contributed by atoms with Crippen LogP contribution >= 0.6 is 0 Å². The lowest BCUT2D eigenvalue weighted by Crippen LogP contribution is -2.48. The molecule has 2 amide bonds. The molecule has 0 aromatic heterocycles. The predicted molar refractivity (Wildman–Crippen MR) is 85.8 cm³/mol. The summed E-state index contributed by atoms with van der Waals surface area (Å²) in [4.78, 5) is 25.5. The molecule has 0 fully saturated rings. The molecule has 0 bridgehead atoms. The van der Waals surface area contributed by atoms with Crippen LogP contribution in [0.25, 0.3) is 0 Å². The summed E-state index contributed by atoms with van der Waals surface area (Å²) in [5, 5.41) is 2.93. The topological polar surface area (TPSA) is 75.4 Å². The standard InChI is InChI=1S/C17H23N3O2/c1-20(11-13-7-3-2-4-8-13)12-16(21)19-15-10-6-5-9-14(15)17(18)22/h2-8,14-15H,9-12H2,1H3,(H2,18,22)(H,19,21)/t14-,15-/m1/s1. The van der Waals surface area contributed by atoms with Crippen molar-refractivity contribution in [2.24, 2.45) is 11.7 Å². The van der Waals surface area contributed by atoms with E-state index in [9.17, 15) is 9.59 Å². The zero-order chi connectivity index (χ0) is 15.9. The van der Waals surface area contributed by atoms with E-state index in [4.69, 9.17) is 5.73 Å². The van der Waals surface area contributed by atoms with Gasteiger partial charge >= 0.3 is 0 Å². The van der Waals surface area contributed by atoms with Gasteiger partial charge in [0.15, 0.2) is 0 Å². The largest absolute Gasteiger partial charge is 0.369 e. The summed E-state index contributed by atoms with van der Waals surface area (Å²) < 4.78 is 0. The molecule has 0 spiro atoms. The van der Waals surface area contributed by atoms with E-state index >= 15 is 0 Å². The van der Waals surface area contributed by atoms with E-state index in [1.165, 1.54) is 0 Å². The number of nitrogens with zero attached hydrogens (tertiary/aromatic N) is 1. The fourth-order valence-electron chi connectivity index (χ4n) is 2.74. The first-order chi connectivity index (χ1) is 10.6. The van der Waals surface area contributed by atoms with Crippen LogP contribution in [0.3, 0.4) is 0 Å². The molecule has 5 heteroatoms. The van der Waals surface area contributed by atoms with Crippen LogP contribution < -0.4 is 11.1 Å². The van der Waals surface area contributed by atoms with Crippen molar-refractivity contribution in [1.82, 2.24) is 10.2 Å². The summed E-state index contributed by atoms with van der Waals surface area (Å²) in [5.74, 6) is -0.745. The lowest BCUT2D eigenvalue weighted by molar-refractivity contribution is -0.125. The Morgan fingerprint density at radius 2 is 1.91 bits per heavy atom. The monoisotopic (exact) mass is 301 g/mol. The number of carbonyl (C=O) groups excluding carboxylic acids is 2. The first-order valence-electron chi connectivity index (χ1n) is 7.52. The third-order valence-corrected chi connectivity index (χ3v) is 3.85. The van der Waals surface area contributed by atoms with Crippen molar-refractivity contribution in [3.8, 4) is 0 Å². The minimum atomic E-state index is -0.354. The van der Waals surface area contributed by atoms with Gasteiger partial charge in [0.25, 0.3) is 0 Å². The highest BCUT2D eigenvalue weighted by molar-refractivity contribution is 5.81. The van der Waals surface area contributed by atoms with E-state index in [-0.39, 0.29) is 23.8 Å². The number of nitrogens with one attached hydrogen (secondary N) is 1. The number of amides is 2. The van der Waals surface area contributed by atoms with Gasteiger partial charge < -0.3 is 11.1 Å². The van der Waals surface area contributed by atoms with Crippen LogP contribution in [0.15, 0.2) is 42.5 Å². The summed E-state index contributed by atoms with van der Waals surface area (Å²) in [6, 6.07) is 9.80. The molecule has 2 rings (SSSR count). The molecule has 0 saturated heterocycles. The van der Waals surface area contributed by atoms with Gasteiger partial charge in [0.05, 0.1) is 12.5 Å². The maximum absolute atomic E-state index is 12.2. The van der Waals surface area contributed by atoms with E-state index < -0.39 is 0 Å². The molecular formula is C17H23N3O2. The molecule has 1 aliphatic carbocycles. The number of benzene rings is 1. The Bertz CT molecular complexity index is 542. The maximum Gasteiger partial charge on any atom is 0.234 e. The number of carbonyl (C=O) groups is 2. The van der Waals surface area contributed by atoms with Crippen LogP contribution in [-0.4, -0.2) is 36.3 Å². The van der Waals surface area contributed by atoms with Crippen molar-refractivity contribution >= 4 is 11.8 Å². The third kappa shape index (κ3) is 4.70. The molecule has 22 heavy (non-hydrogen) atoms. The molecule has 118 valence electrons. The molecule has 5 nitrogen and oxygen atoms in total. The third-order valence-electron chi connectivity index (χ3n) is 3.85. The normalized spacial score (nSPS) is 20.8. The summed E-state index contributed by atoms with van der Waals surface area (Å²) in [6.07, 6.45) is 5.18. The SMILES string of the molecule is CN(CC(=O)N[C@@H]1CC=CC[C@H]1C(N)=O)Cc1ccccc1. The van der Waals surface area contributed by atoms with Crippen molar-refractivity contribution in [2.45, 2.75) is 25.4 Å². The van der Waals surface area contributed by atoms with E-state index in [1.807, 2.05) is 54.4 Å². The van der Waals surface area contributed by atoms with E-state index in [2.05, 4.69) is 5.32 Å². The summed E-state index contributed by atoms with van der Waals surface area (Å²) >= 11 is 0. The second-order valence-electron chi connectivity index (χ2n) is 5.78. The summed E-state index contributed by atoms with van der Waals surface area (Å²) in [7, 11) is 1.90. The Morgan fingerprint density at radius 1 is 1.23 bits per heavy atom. The predicted octanol–water partition coefficient (Wildman–Crippen LogP) is 1.05. The van der Waals surface area contributed by atoms with Gasteiger partial charge in [-0.15, -0.1) is 0 Å². The molecule has 3 N–H and O–H groups in total. The van der Waals surface area contributed by atoms with Gasteiger partial charge in [-0.3, -0.25) is 14.5 Å².